The maximum absolute atomic E-state index is 13.1. The zero-order valence-electron chi connectivity index (χ0n) is 16.4. The fraction of sp³-hybridized carbons (Fsp3) is 0.381. The summed E-state index contributed by atoms with van der Waals surface area (Å²) in [5.74, 6) is 1.21. The molecule has 2 aromatic rings. The van der Waals surface area contributed by atoms with Crippen LogP contribution in [0.4, 0.5) is 10.1 Å². The first-order chi connectivity index (χ1) is 13.5. The maximum Gasteiger partial charge on any atom is 0.235 e. The fourth-order valence-corrected chi connectivity index (χ4v) is 4.22. The highest BCUT2D eigenvalue weighted by molar-refractivity contribution is 8.00. The van der Waals surface area contributed by atoms with E-state index in [4.69, 9.17) is 9.47 Å². The summed E-state index contributed by atoms with van der Waals surface area (Å²) in [6, 6.07) is 12.2. The Morgan fingerprint density at radius 2 is 1.64 bits per heavy atom. The molecule has 3 rings (SSSR count). The van der Waals surface area contributed by atoms with E-state index in [2.05, 4.69) is 4.90 Å². The third-order valence-electron chi connectivity index (χ3n) is 4.80. The predicted molar refractivity (Wildman–Crippen MR) is 110 cm³/mol. The number of carbonyl (C=O) groups is 1. The second-order valence-electron chi connectivity index (χ2n) is 6.57. The molecule has 1 aliphatic heterocycles. The number of amides is 1. The van der Waals surface area contributed by atoms with Crippen molar-refractivity contribution in [2.24, 2.45) is 0 Å². The van der Waals surface area contributed by atoms with Gasteiger partial charge in [0.05, 0.1) is 19.5 Å². The Morgan fingerprint density at radius 3 is 2.25 bits per heavy atom. The van der Waals surface area contributed by atoms with Crippen molar-refractivity contribution in [2.75, 3.05) is 45.3 Å². The van der Waals surface area contributed by atoms with E-state index in [1.54, 1.807) is 26.4 Å². The number of benzene rings is 2. The van der Waals surface area contributed by atoms with E-state index in [-0.39, 0.29) is 17.0 Å². The van der Waals surface area contributed by atoms with Gasteiger partial charge in [-0.2, -0.15) is 0 Å². The third-order valence-corrected chi connectivity index (χ3v) is 5.88. The minimum Gasteiger partial charge on any atom is -0.493 e. The molecule has 1 heterocycles. The molecule has 7 heteroatoms. The monoisotopic (exact) mass is 404 g/mol. The Hall–Kier alpha value is -2.41. The Labute approximate surface area is 169 Å². The van der Waals surface area contributed by atoms with Gasteiger partial charge in [-0.1, -0.05) is 0 Å². The Balaban J connectivity index is 1.56. The average molecular weight is 405 g/mol. The molecule has 0 spiro atoms. The number of hydrogen-bond acceptors (Lipinski definition) is 5. The van der Waals surface area contributed by atoms with Crippen LogP contribution in [0.2, 0.25) is 0 Å². The molecule has 28 heavy (non-hydrogen) atoms. The van der Waals surface area contributed by atoms with Gasteiger partial charge in [0.15, 0.2) is 11.5 Å². The smallest absolute Gasteiger partial charge is 0.235 e. The molecule has 0 aliphatic carbocycles. The van der Waals surface area contributed by atoms with E-state index in [9.17, 15) is 9.18 Å². The second kappa shape index (κ2) is 9.19. The molecule has 1 saturated heterocycles. The van der Waals surface area contributed by atoms with E-state index < -0.39 is 0 Å². The summed E-state index contributed by atoms with van der Waals surface area (Å²) < 4.78 is 23.7. The summed E-state index contributed by atoms with van der Waals surface area (Å²) in [6.07, 6.45) is 0. The van der Waals surface area contributed by atoms with Crippen LogP contribution in [-0.2, 0) is 4.79 Å². The van der Waals surface area contributed by atoms with Crippen LogP contribution in [0.15, 0.2) is 47.4 Å². The number of hydrogen-bond donors (Lipinski definition) is 0. The normalized spacial score (nSPS) is 15.3. The average Bonchev–Trinajstić information content (AvgIpc) is 2.73. The van der Waals surface area contributed by atoms with Crippen molar-refractivity contribution in [1.29, 1.82) is 0 Å². The van der Waals surface area contributed by atoms with Crippen molar-refractivity contribution in [3.05, 3.63) is 48.3 Å². The molecule has 0 radical (unpaired) electrons. The van der Waals surface area contributed by atoms with Crippen molar-refractivity contribution in [1.82, 2.24) is 4.90 Å². The van der Waals surface area contributed by atoms with E-state index >= 15 is 0 Å². The van der Waals surface area contributed by atoms with Gasteiger partial charge in [-0.15, -0.1) is 11.8 Å². The zero-order valence-corrected chi connectivity index (χ0v) is 17.2. The Morgan fingerprint density at radius 1 is 1.00 bits per heavy atom. The van der Waals surface area contributed by atoms with Crippen LogP contribution in [0, 0.1) is 5.82 Å². The number of nitrogens with zero attached hydrogens (tertiary/aromatic N) is 2. The lowest BCUT2D eigenvalue weighted by Gasteiger charge is -2.37. The number of methoxy groups -OCH3 is 2. The molecular formula is C21H25FN2O3S. The standard InChI is InChI=1S/C21H25FN2O3S/c1-15(28-18-8-9-19(26-2)20(14-18)27-3)21(25)24-12-10-23(11-13-24)17-6-4-16(22)5-7-17/h4-9,14-15H,10-13H2,1-3H3/t15-/m0/s1. The van der Waals surface area contributed by atoms with Crippen molar-refractivity contribution in [2.45, 2.75) is 17.1 Å². The van der Waals surface area contributed by atoms with Crippen LogP contribution in [0.1, 0.15) is 6.92 Å². The van der Waals surface area contributed by atoms with Gasteiger partial charge in [-0.3, -0.25) is 4.79 Å². The molecule has 2 aromatic carbocycles. The Kier molecular flexibility index (Phi) is 6.67. The largest absolute Gasteiger partial charge is 0.493 e. The number of anilines is 1. The summed E-state index contributed by atoms with van der Waals surface area (Å²) in [6.45, 7) is 4.73. The topological polar surface area (TPSA) is 42.0 Å². The van der Waals surface area contributed by atoms with Gasteiger partial charge in [0.2, 0.25) is 5.91 Å². The van der Waals surface area contributed by atoms with Crippen LogP contribution in [0.5, 0.6) is 11.5 Å². The van der Waals surface area contributed by atoms with Crippen LogP contribution in [0.3, 0.4) is 0 Å². The highest BCUT2D eigenvalue weighted by Gasteiger charge is 2.26. The second-order valence-corrected chi connectivity index (χ2v) is 7.98. The van der Waals surface area contributed by atoms with Crippen molar-refractivity contribution < 1.29 is 18.7 Å². The van der Waals surface area contributed by atoms with Crippen LogP contribution < -0.4 is 14.4 Å². The van der Waals surface area contributed by atoms with Gasteiger partial charge in [-0.25, -0.2) is 4.39 Å². The maximum atomic E-state index is 13.1. The molecule has 0 unspecified atom stereocenters. The van der Waals surface area contributed by atoms with Crippen LogP contribution in [0.25, 0.3) is 0 Å². The lowest BCUT2D eigenvalue weighted by atomic mass is 10.2. The number of thioether (sulfide) groups is 1. The fourth-order valence-electron chi connectivity index (χ4n) is 3.24. The van der Waals surface area contributed by atoms with Crippen LogP contribution >= 0.6 is 11.8 Å². The molecule has 5 nitrogen and oxygen atoms in total. The lowest BCUT2D eigenvalue weighted by molar-refractivity contribution is -0.130. The van der Waals surface area contributed by atoms with Gasteiger partial charge < -0.3 is 19.3 Å². The summed E-state index contributed by atoms with van der Waals surface area (Å²) >= 11 is 1.51. The predicted octanol–water partition coefficient (Wildman–Crippen LogP) is 3.67. The number of ether oxygens (including phenoxy) is 2. The third kappa shape index (κ3) is 4.70. The van der Waals surface area contributed by atoms with E-state index in [1.165, 1.54) is 23.9 Å². The summed E-state index contributed by atoms with van der Waals surface area (Å²) in [5.41, 5.74) is 0.987. The summed E-state index contributed by atoms with van der Waals surface area (Å²) in [4.78, 5) is 17.9. The Bertz CT molecular complexity index is 808. The molecule has 1 amide bonds. The van der Waals surface area contributed by atoms with E-state index in [1.807, 2.05) is 30.0 Å². The SMILES string of the molecule is COc1ccc(S[C@@H](C)C(=O)N2CCN(c3ccc(F)cc3)CC2)cc1OC. The molecule has 1 atom stereocenters. The first-order valence-corrected chi connectivity index (χ1v) is 10.1. The van der Waals surface area contributed by atoms with Gasteiger partial charge in [0, 0.05) is 36.8 Å². The first-order valence-electron chi connectivity index (χ1n) is 9.20. The minimum atomic E-state index is -0.237. The van der Waals surface area contributed by atoms with Gasteiger partial charge in [0.25, 0.3) is 0 Å². The molecule has 0 N–H and O–H groups in total. The van der Waals surface area contributed by atoms with Crippen molar-refractivity contribution >= 4 is 23.4 Å². The van der Waals surface area contributed by atoms with Gasteiger partial charge in [0.1, 0.15) is 5.82 Å². The number of piperazine rings is 1. The number of halogens is 1. The van der Waals surface area contributed by atoms with Gasteiger partial charge in [-0.05, 0) is 49.4 Å². The zero-order chi connectivity index (χ0) is 20.1. The lowest BCUT2D eigenvalue weighted by Crippen LogP contribution is -2.50. The molecule has 0 saturated carbocycles. The van der Waals surface area contributed by atoms with Crippen molar-refractivity contribution in [3.63, 3.8) is 0 Å². The van der Waals surface area contributed by atoms with Crippen molar-refractivity contribution in [3.8, 4) is 11.5 Å². The highest BCUT2D eigenvalue weighted by atomic mass is 32.2. The number of rotatable bonds is 6. The molecule has 1 fully saturated rings. The molecule has 1 aliphatic rings. The first kappa shape index (κ1) is 20.3. The summed E-state index contributed by atoms with van der Waals surface area (Å²) in [5, 5.41) is -0.199. The molecular weight excluding hydrogens is 379 g/mol. The minimum absolute atomic E-state index is 0.124. The molecule has 150 valence electrons. The van der Waals surface area contributed by atoms with Crippen LogP contribution in [-0.4, -0.2) is 56.5 Å². The van der Waals surface area contributed by atoms with Gasteiger partial charge >= 0.3 is 0 Å². The van der Waals surface area contributed by atoms with E-state index in [0.717, 1.165) is 23.7 Å². The van der Waals surface area contributed by atoms with E-state index in [0.29, 0.717) is 24.6 Å². The summed E-state index contributed by atoms with van der Waals surface area (Å²) in [7, 11) is 3.20. The highest BCUT2D eigenvalue weighted by Crippen LogP contribution is 2.34. The number of carbonyl (C=O) groups excluding carboxylic acids is 1. The quantitative estimate of drug-likeness (QED) is 0.687. The molecule has 0 bridgehead atoms. The molecule has 0 aromatic heterocycles.